The van der Waals surface area contributed by atoms with Gasteiger partial charge in [0, 0.05) is 10.9 Å². The van der Waals surface area contributed by atoms with Gasteiger partial charge in [0.05, 0.1) is 0 Å². The predicted molar refractivity (Wildman–Crippen MR) is 89.7 cm³/mol. The third-order valence-electron chi connectivity index (χ3n) is 4.06. The second kappa shape index (κ2) is 7.61. The quantitative estimate of drug-likeness (QED) is 0.789. The first-order valence-electron chi connectivity index (χ1n) is 7.45. The van der Waals surface area contributed by atoms with Crippen molar-refractivity contribution in [3.05, 3.63) is 57.3 Å². The minimum atomic E-state index is 0.578. The van der Waals surface area contributed by atoms with Crippen LogP contribution in [-0.4, -0.2) is 13.1 Å². The van der Waals surface area contributed by atoms with Crippen LogP contribution in [0.3, 0.4) is 0 Å². The van der Waals surface area contributed by atoms with E-state index in [2.05, 4.69) is 61.9 Å². The van der Waals surface area contributed by atoms with Gasteiger partial charge in [0.2, 0.25) is 0 Å². The smallest absolute Gasteiger partial charge is 0.0105 e. The van der Waals surface area contributed by atoms with Crippen molar-refractivity contribution in [2.75, 3.05) is 7.05 Å². The van der Waals surface area contributed by atoms with E-state index in [4.69, 9.17) is 0 Å². The van der Waals surface area contributed by atoms with Gasteiger partial charge in [-0.05, 0) is 74.7 Å². The molecule has 2 aromatic rings. The Bertz CT molecular complexity index is 496. The van der Waals surface area contributed by atoms with Crippen LogP contribution < -0.4 is 5.32 Å². The number of rotatable bonds is 7. The van der Waals surface area contributed by atoms with E-state index in [0.717, 1.165) is 6.42 Å². The summed E-state index contributed by atoms with van der Waals surface area (Å²) in [4.78, 5) is 1.51. The van der Waals surface area contributed by atoms with Gasteiger partial charge in [0.1, 0.15) is 0 Å². The molecule has 0 radical (unpaired) electrons. The molecular formula is C18H25NS. The first kappa shape index (κ1) is 15.3. The van der Waals surface area contributed by atoms with Crippen LogP contribution in [0, 0.1) is 13.8 Å². The van der Waals surface area contributed by atoms with Gasteiger partial charge in [-0.2, -0.15) is 0 Å². The molecule has 2 heteroatoms. The van der Waals surface area contributed by atoms with Crippen molar-refractivity contribution in [3.63, 3.8) is 0 Å². The molecule has 0 fully saturated rings. The van der Waals surface area contributed by atoms with Gasteiger partial charge >= 0.3 is 0 Å². The lowest BCUT2D eigenvalue weighted by molar-refractivity contribution is 0.501. The molecule has 108 valence electrons. The summed E-state index contributed by atoms with van der Waals surface area (Å²) in [7, 11) is 2.09. The van der Waals surface area contributed by atoms with E-state index in [1.165, 1.54) is 40.8 Å². The van der Waals surface area contributed by atoms with E-state index in [1.54, 1.807) is 0 Å². The van der Waals surface area contributed by atoms with Gasteiger partial charge in [-0.15, -0.1) is 11.3 Å². The van der Waals surface area contributed by atoms with Crippen molar-refractivity contribution in [2.45, 2.75) is 45.6 Å². The Morgan fingerprint density at radius 2 is 1.85 bits per heavy atom. The zero-order valence-corrected chi connectivity index (χ0v) is 13.6. The molecular weight excluding hydrogens is 262 g/mol. The molecule has 0 saturated carbocycles. The summed E-state index contributed by atoms with van der Waals surface area (Å²) >= 11 is 1.87. The minimum Gasteiger partial charge on any atom is -0.317 e. The van der Waals surface area contributed by atoms with Crippen LogP contribution in [0.15, 0.2) is 35.7 Å². The summed E-state index contributed by atoms with van der Waals surface area (Å²) in [6.45, 7) is 4.45. The Labute approximate surface area is 127 Å². The fraction of sp³-hybridized carbons (Fsp3) is 0.444. The van der Waals surface area contributed by atoms with Crippen molar-refractivity contribution < 1.29 is 0 Å². The first-order chi connectivity index (χ1) is 9.70. The highest BCUT2D eigenvalue weighted by atomic mass is 32.1. The minimum absolute atomic E-state index is 0.578. The topological polar surface area (TPSA) is 12.0 Å². The van der Waals surface area contributed by atoms with Crippen LogP contribution in [0.25, 0.3) is 0 Å². The van der Waals surface area contributed by atoms with Crippen LogP contribution in [0.1, 0.15) is 34.4 Å². The highest BCUT2D eigenvalue weighted by Crippen LogP contribution is 2.18. The summed E-state index contributed by atoms with van der Waals surface area (Å²) in [5, 5.41) is 5.66. The van der Waals surface area contributed by atoms with Crippen LogP contribution in [-0.2, 0) is 12.8 Å². The average Bonchev–Trinajstić information content (AvgIpc) is 2.94. The third kappa shape index (κ3) is 4.19. The molecule has 20 heavy (non-hydrogen) atoms. The average molecular weight is 287 g/mol. The molecule has 1 heterocycles. The van der Waals surface area contributed by atoms with Crippen molar-refractivity contribution in [1.29, 1.82) is 0 Å². The second-order valence-corrected chi connectivity index (χ2v) is 6.56. The van der Waals surface area contributed by atoms with Gasteiger partial charge in [-0.1, -0.05) is 24.3 Å². The number of thiophene rings is 1. The summed E-state index contributed by atoms with van der Waals surface area (Å²) in [5.41, 5.74) is 4.36. The molecule has 1 aromatic heterocycles. The van der Waals surface area contributed by atoms with E-state index in [0.29, 0.717) is 6.04 Å². The zero-order valence-electron chi connectivity index (χ0n) is 12.8. The Hall–Kier alpha value is -1.12. The van der Waals surface area contributed by atoms with E-state index in [1.807, 2.05) is 11.3 Å². The maximum atomic E-state index is 3.49. The van der Waals surface area contributed by atoms with Gasteiger partial charge in [0.25, 0.3) is 0 Å². The van der Waals surface area contributed by atoms with Crippen LogP contribution in [0.4, 0.5) is 0 Å². The number of hydrogen-bond acceptors (Lipinski definition) is 2. The maximum absolute atomic E-state index is 3.49. The normalized spacial score (nSPS) is 12.6. The standard InChI is InChI=1S/C18H25NS/c1-14-7-4-8-15(2)18(14)13-16(19-3)9-5-10-17-11-6-12-20-17/h4,6-8,11-12,16,19H,5,9-10,13H2,1-3H3. The largest absolute Gasteiger partial charge is 0.317 e. The lowest BCUT2D eigenvalue weighted by Gasteiger charge is -2.19. The highest BCUT2D eigenvalue weighted by molar-refractivity contribution is 7.09. The fourth-order valence-electron chi connectivity index (χ4n) is 2.74. The van der Waals surface area contributed by atoms with Gasteiger partial charge in [0.15, 0.2) is 0 Å². The monoisotopic (exact) mass is 287 g/mol. The van der Waals surface area contributed by atoms with Crippen molar-refractivity contribution >= 4 is 11.3 Å². The molecule has 0 saturated heterocycles. The summed E-state index contributed by atoms with van der Waals surface area (Å²) in [6, 6.07) is 11.6. The summed E-state index contributed by atoms with van der Waals surface area (Å²) in [6.07, 6.45) is 4.85. The Kier molecular flexibility index (Phi) is 5.81. The van der Waals surface area contributed by atoms with Gasteiger partial charge in [-0.25, -0.2) is 0 Å². The summed E-state index contributed by atoms with van der Waals surface area (Å²) in [5.74, 6) is 0. The van der Waals surface area contributed by atoms with E-state index in [9.17, 15) is 0 Å². The van der Waals surface area contributed by atoms with Crippen molar-refractivity contribution in [1.82, 2.24) is 5.32 Å². The molecule has 1 aromatic carbocycles. The molecule has 1 atom stereocenters. The third-order valence-corrected chi connectivity index (χ3v) is 5.00. The van der Waals surface area contributed by atoms with Gasteiger partial charge < -0.3 is 5.32 Å². The van der Waals surface area contributed by atoms with Crippen LogP contribution in [0.5, 0.6) is 0 Å². The zero-order chi connectivity index (χ0) is 14.4. The lowest BCUT2D eigenvalue weighted by atomic mass is 9.94. The van der Waals surface area contributed by atoms with Gasteiger partial charge in [-0.3, -0.25) is 0 Å². The van der Waals surface area contributed by atoms with E-state index >= 15 is 0 Å². The number of aryl methyl sites for hydroxylation is 3. The lowest BCUT2D eigenvalue weighted by Crippen LogP contribution is -2.28. The second-order valence-electron chi connectivity index (χ2n) is 5.53. The van der Waals surface area contributed by atoms with Crippen molar-refractivity contribution in [2.24, 2.45) is 0 Å². The molecule has 1 unspecified atom stereocenters. The highest BCUT2D eigenvalue weighted by Gasteiger charge is 2.11. The van der Waals surface area contributed by atoms with E-state index < -0.39 is 0 Å². The molecule has 0 spiro atoms. The Morgan fingerprint density at radius 3 is 2.45 bits per heavy atom. The predicted octanol–water partition coefficient (Wildman–Crippen LogP) is 4.52. The number of likely N-dealkylation sites (N-methyl/N-ethyl adjacent to an activating group) is 1. The Morgan fingerprint density at radius 1 is 1.10 bits per heavy atom. The number of hydrogen-bond donors (Lipinski definition) is 1. The molecule has 1 nitrogen and oxygen atoms in total. The molecule has 0 aliphatic heterocycles. The van der Waals surface area contributed by atoms with Crippen LogP contribution >= 0.6 is 11.3 Å². The molecule has 0 bridgehead atoms. The van der Waals surface area contributed by atoms with E-state index in [-0.39, 0.29) is 0 Å². The molecule has 0 aliphatic rings. The molecule has 1 N–H and O–H groups in total. The number of benzene rings is 1. The molecule has 0 aliphatic carbocycles. The van der Waals surface area contributed by atoms with Crippen LogP contribution in [0.2, 0.25) is 0 Å². The first-order valence-corrected chi connectivity index (χ1v) is 8.33. The van der Waals surface area contributed by atoms with Crippen molar-refractivity contribution in [3.8, 4) is 0 Å². The summed E-state index contributed by atoms with van der Waals surface area (Å²) < 4.78 is 0. The maximum Gasteiger partial charge on any atom is 0.0105 e. The molecule has 2 rings (SSSR count). The SMILES string of the molecule is CNC(CCCc1cccs1)Cc1c(C)cccc1C. The molecule has 0 amide bonds. The number of nitrogens with one attached hydrogen (secondary N) is 1. The Balaban J connectivity index is 1.88. The fourth-order valence-corrected chi connectivity index (χ4v) is 3.49.